The highest BCUT2D eigenvalue weighted by Gasteiger charge is 2.14. The molecule has 0 bridgehead atoms. The van der Waals surface area contributed by atoms with Gasteiger partial charge in [-0.25, -0.2) is 5.43 Å². The first-order valence-electron chi connectivity index (χ1n) is 8.66. The zero-order valence-corrected chi connectivity index (χ0v) is 17.8. The van der Waals surface area contributed by atoms with Gasteiger partial charge in [0.2, 0.25) is 0 Å². The number of hydrogen-bond donors (Lipinski definition) is 1. The molecule has 0 heterocycles. The number of nitrogens with one attached hydrogen (secondary N) is 1. The van der Waals surface area contributed by atoms with Crippen molar-refractivity contribution in [2.45, 2.75) is 33.3 Å². The average Bonchev–Trinajstić information content (AvgIpc) is 2.65. The lowest BCUT2D eigenvalue weighted by atomic mass is 10.2. The topological polar surface area (TPSA) is 59.9 Å². The summed E-state index contributed by atoms with van der Waals surface area (Å²) in [5.41, 5.74) is 3.73. The van der Waals surface area contributed by atoms with Gasteiger partial charge in [-0.05, 0) is 78.2 Å². The summed E-state index contributed by atoms with van der Waals surface area (Å²) < 4.78 is 12.4. The van der Waals surface area contributed by atoms with Gasteiger partial charge >= 0.3 is 0 Å². The van der Waals surface area contributed by atoms with E-state index in [0.29, 0.717) is 28.7 Å². The second kappa shape index (κ2) is 10.3. The van der Waals surface area contributed by atoms with Crippen molar-refractivity contribution in [3.05, 3.63) is 57.0 Å². The van der Waals surface area contributed by atoms with Gasteiger partial charge in [0.1, 0.15) is 0 Å². The zero-order chi connectivity index (χ0) is 19.8. The van der Waals surface area contributed by atoms with Gasteiger partial charge in [-0.15, -0.1) is 0 Å². The van der Waals surface area contributed by atoms with Gasteiger partial charge in [0, 0.05) is 10.6 Å². The largest absolute Gasteiger partial charge is 0.490 e. The van der Waals surface area contributed by atoms with Crippen LogP contribution in [-0.2, 0) is 0 Å². The number of carbonyl (C=O) groups excluding carboxylic acids is 1. The SMILES string of the molecule is CCOc1cc(/C=N\NC(=O)c2ccc(Cl)cc2)cc(Br)c1O[C@@H](C)CC. The molecule has 0 fully saturated rings. The Labute approximate surface area is 172 Å². The molecule has 27 heavy (non-hydrogen) atoms. The van der Waals surface area contributed by atoms with Crippen LogP contribution in [0.15, 0.2) is 46.0 Å². The molecule has 0 unspecified atom stereocenters. The Bertz CT molecular complexity index is 810. The van der Waals surface area contributed by atoms with Crippen LogP contribution >= 0.6 is 27.5 Å². The monoisotopic (exact) mass is 452 g/mol. The fourth-order valence-electron chi connectivity index (χ4n) is 2.16. The van der Waals surface area contributed by atoms with Crippen LogP contribution in [-0.4, -0.2) is 24.8 Å². The Hall–Kier alpha value is -2.05. The third kappa shape index (κ3) is 6.26. The zero-order valence-electron chi connectivity index (χ0n) is 15.5. The number of rotatable bonds is 8. The van der Waals surface area contributed by atoms with E-state index >= 15 is 0 Å². The molecule has 2 aromatic rings. The quantitative estimate of drug-likeness (QED) is 0.427. The first-order chi connectivity index (χ1) is 12.9. The summed E-state index contributed by atoms with van der Waals surface area (Å²) in [6, 6.07) is 10.3. The van der Waals surface area contributed by atoms with E-state index in [1.54, 1.807) is 30.5 Å². The van der Waals surface area contributed by atoms with Crippen molar-refractivity contribution in [2.24, 2.45) is 5.10 Å². The molecule has 7 heteroatoms. The maximum atomic E-state index is 12.1. The first kappa shape index (κ1) is 21.3. The minimum absolute atomic E-state index is 0.0682. The maximum Gasteiger partial charge on any atom is 0.271 e. The summed E-state index contributed by atoms with van der Waals surface area (Å²) in [7, 11) is 0. The van der Waals surface area contributed by atoms with Gasteiger partial charge in [-0.3, -0.25) is 4.79 Å². The molecule has 2 aromatic carbocycles. The fourth-order valence-corrected chi connectivity index (χ4v) is 2.83. The van der Waals surface area contributed by atoms with Crippen molar-refractivity contribution in [1.82, 2.24) is 5.43 Å². The highest BCUT2D eigenvalue weighted by Crippen LogP contribution is 2.37. The first-order valence-corrected chi connectivity index (χ1v) is 9.83. The molecular formula is C20H22BrClN2O3. The van der Waals surface area contributed by atoms with Gasteiger partial charge < -0.3 is 9.47 Å². The van der Waals surface area contributed by atoms with Crippen LogP contribution in [0.1, 0.15) is 43.1 Å². The predicted octanol–water partition coefficient (Wildman–Crippen LogP) is 5.44. The fraction of sp³-hybridized carbons (Fsp3) is 0.300. The second-order valence-corrected chi connectivity index (χ2v) is 7.10. The van der Waals surface area contributed by atoms with Crippen LogP contribution in [0.5, 0.6) is 11.5 Å². The molecule has 0 saturated carbocycles. The summed E-state index contributed by atoms with van der Waals surface area (Å²) >= 11 is 9.35. The summed E-state index contributed by atoms with van der Waals surface area (Å²) in [6.07, 6.45) is 2.50. The number of ether oxygens (including phenoxy) is 2. The van der Waals surface area contributed by atoms with Crippen LogP contribution in [0.2, 0.25) is 5.02 Å². The molecule has 5 nitrogen and oxygen atoms in total. The molecule has 2 rings (SSSR count). The average molecular weight is 454 g/mol. The third-order valence-corrected chi connectivity index (χ3v) is 4.55. The van der Waals surface area contributed by atoms with Crippen LogP contribution in [0.4, 0.5) is 0 Å². The number of benzene rings is 2. The molecule has 0 aliphatic carbocycles. The Kier molecular flexibility index (Phi) is 8.13. The number of hydrogen-bond acceptors (Lipinski definition) is 4. The van der Waals surface area contributed by atoms with Crippen molar-refractivity contribution in [1.29, 1.82) is 0 Å². The Morgan fingerprint density at radius 2 is 2.00 bits per heavy atom. The smallest absolute Gasteiger partial charge is 0.271 e. The van der Waals surface area contributed by atoms with Gasteiger partial charge in [-0.1, -0.05) is 18.5 Å². The van der Waals surface area contributed by atoms with E-state index in [-0.39, 0.29) is 12.0 Å². The van der Waals surface area contributed by atoms with Crippen LogP contribution in [0.3, 0.4) is 0 Å². The highest BCUT2D eigenvalue weighted by atomic mass is 79.9. The van der Waals surface area contributed by atoms with Crippen molar-refractivity contribution in [3.63, 3.8) is 0 Å². The summed E-state index contributed by atoms with van der Waals surface area (Å²) in [5, 5.41) is 4.59. The lowest BCUT2D eigenvalue weighted by Crippen LogP contribution is -2.17. The van der Waals surface area contributed by atoms with Gasteiger partial charge in [0.15, 0.2) is 11.5 Å². The van der Waals surface area contributed by atoms with Crippen molar-refractivity contribution in [3.8, 4) is 11.5 Å². The maximum absolute atomic E-state index is 12.1. The normalized spacial score (nSPS) is 12.0. The number of hydrazone groups is 1. The van der Waals surface area contributed by atoms with E-state index in [0.717, 1.165) is 16.5 Å². The molecule has 0 spiro atoms. The highest BCUT2D eigenvalue weighted by molar-refractivity contribution is 9.10. The summed E-state index contributed by atoms with van der Waals surface area (Å²) in [4.78, 5) is 12.1. The molecule has 0 radical (unpaired) electrons. The Morgan fingerprint density at radius 1 is 1.30 bits per heavy atom. The van der Waals surface area contributed by atoms with E-state index in [9.17, 15) is 4.79 Å². The van der Waals surface area contributed by atoms with E-state index in [2.05, 4.69) is 33.4 Å². The van der Waals surface area contributed by atoms with E-state index in [1.807, 2.05) is 26.0 Å². The number of amides is 1. The second-order valence-electron chi connectivity index (χ2n) is 5.81. The standard InChI is InChI=1S/C20H22BrClN2O3/c1-4-13(3)27-19-17(21)10-14(11-18(19)26-5-2)12-23-24-20(25)15-6-8-16(22)9-7-15/h6-13H,4-5H2,1-3H3,(H,24,25)/b23-12-/t13-/m0/s1. The van der Waals surface area contributed by atoms with Crippen LogP contribution < -0.4 is 14.9 Å². The Balaban J connectivity index is 2.14. The molecule has 1 N–H and O–H groups in total. The number of halogens is 2. The molecule has 0 aliphatic heterocycles. The predicted molar refractivity (Wildman–Crippen MR) is 112 cm³/mol. The molecule has 0 aliphatic rings. The van der Waals surface area contributed by atoms with Gasteiger partial charge in [0.05, 0.1) is 23.4 Å². The lowest BCUT2D eigenvalue weighted by Gasteiger charge is -2.18. The molecule has 144 valence electrons. The number of carbonyl (C=O) groups is 1. The third-order valence-electron chi connectivity index (χ3n) is 3.71. The number of nitrogens with zero attached hydrogens (tertiary/aromatic N) is 1. The van der Waals surface area contributed by atoms with Crippen LogP contribution in [0, 0.1) is 0 Å². The molecular weight excluding hydrogens is 432 g/mol. The summed E-state index contributed by atoms with van der Waals surface area (Å²) in [6.45, 7) is 6.48. The molecule has 1 amide bonds. The minimum Gasteiger partial charge on any atom is -0.490 e. The summed E-state index contributed by atoms with van der Waals surface area (Å²) in [5.74, 6) is 0.968. The molecule has 1 atom stereocenters. The van der Waals surface area contributed by atoms with Crippen molar-refractivity contribution < 1.29 is 14.3 Å². The van der Waals surface area contributed by atoms with E-state index in [1.165, 1.54) is 0 Å². The van der Waals surface area contributed by atoms with Crippen molar-refractivity contribution in [2.75, 3.05) is 6.61 Å². The minimum atomic E-state index is -0.316. The van der Waals surface area contributed by atoms with Gasteiger partial charge in [-0.2, -0.15) is 5.10 Å². The van der Waals surface area contributed by atoms with Gasteiger partial charge in [0.25, 0.3) is 5.91 Å². The Morgan fingerprint density at radius 3 is 2.63 bits per heavy atom. The lowest BCUT2D eigenvalue weighted by molar-refractivity contribution is 0.0955. The molecule has 0 saturated heterocycles. The van der Waals surface area contributed by atoms with E-state index < -0.39 is 0 Å². The van der Waals surface area contributed by atoms with Crippen LogP contribution in [0.25, 0.3) is 0 Å². The molecule has 0 aromatic heterocycles. The van der Waals surface area contributed by atoms with E-state index in [4.69, 9.17) is 21.1 Å². The van der Waals surface area contributed by atoms with Crippen molar-refractivity contribution >= 4 is 39.7 Å².